The molecule has 0 radical (unpaired) electrons. The highest BCUT2D eigenvalue weighted by Crippen LogP contribution is 2.55. The monoisotopic (exact) mass is 328 g/mol. The number of likely N-dealkylation sites (tertiary alicyclic amines) is 1. The Morgan fingerprint density at radius 1 is 1.33 bits per heavy atom. The van der Waals surface area contributed by atoms with Crippen molar-refractivity contribution in [3.63, 3.8) is 0 Å². The molecular formula is C20H28N2O2. The molecule has 2 aliphatic carbocycles. The van der Waals surface area contributed by atoms with Gasteiger partial charge in [-0.25, -0.2) is 4.79 Å². The molecule has 3 atom stereocenters. The van der Waals surface area contributed by atoms with Crippen LogP contribution in [0.15, 0.2) is 24.3 Å². The first-order valence-electron chi connectivity index (χ1n) is 9.42. The van der Waals surface area contributed by atoms with Crippen molar-refractivity contribution in [3.8, 4) is 0 Å². The number of fused-ring (bicyclic) bond motifs is 2. The van der Waals surface area contributed by atoms with Crippen LogP contribution in [0.1, 0.15) is 50.2 Å². The molecule has 2 N–H and O–H groups in total. The number of benzene rings is 1. The lowest BCUT2D eigenvalue weighted by Gasteiger charge is -2.34. The fourth-order valence-corrected chi connectivity index (χ4v) is 5.09. The Balaban J connectivity index is 1.37. The highest BCUT2D eigenvalue weighted by molar-refractivity contribution is 5.65. The Morgan fingerprint density at radius 3 is 2.83 bits per heavy atom. The first-order chi connectivity index (χ1) is 11.6. The number of hydrogen-bond acceptors (Lipinski definition) is 2. The molecule has 1 spiro atoms. The molecule has 1 aromatic carbocycles. The molecule has 0 bridgehead atoms. The van der Waals surface area contributed by atoms with E-state index in [9.17, 15) is 4.79 Å². The number of carbonyl (C=O) groups is 1. The number of amides is 1. The van der Waals surface area contributed by atoms with Gasteiger partial charge in [0.05, 0.1) is 0 Å². The molecule has 3 aliphatic rings. The lowest BCUT2D eigenvalue weighted by atomic mass is 9.79. The standard InChI is InChI=1S/C20H28N2O2/c1-14(15-8-11-22(12-9-15)19(23)24)21-18-13-20(18)10-4-6-16-5-2-3-7-17(16)20/h2-3,5,7,14-15,18,21H,4,6,8-13H2,1H3,(H,23,24). The van der Waals surface area contributed by atoms with Crippen LogP contribution in [0.25, 0.3) is 0 Å². The number of piperidine rings is 1. The maximum absolute atomic E-state index is 11.0. The second-order valence-electron chi connectivity index (χ2n) is 7.99. The van der Waals surface area contributed by atoms with Gasteiger partial charge in [-0.3, -0.25) is 0 Å². The molecule has 4 nitrogen and oxygen atoms in total. The van der Waals surface area contributed by atoms with E-state index in [1.54, 1.807) is 16.0 Å². The lowest BCUT2D eigenvalue weighted by Crippen LogP contribution is -2.45. The van der Waals surface area contributed by atoms with Crippen molar-refractivity contribution in [3.05, 3.63) is 35.4 Å². The van der Waals surface area contributed by atoms with Gasteiger partial charge in [-0.2, -0.15) is 0 Å². The highest BCUT2D eigenvalue weighted by atomic mass is 16.4. The second kappa shape index (κ2) is 6.07. The van der Waals surface area contributed by atoms with E-state index in [1.165, 1.54) is 25.7 Å². The third-order valence-electron chi connectivity index (χ3n) is 6.68. The molecule has 1 aromatic rings. The second-order valence-corrected chi connectivity index (χ2v) is 7.99. The van der Waals surface area contributed by atoms with Crippen LogP contribution in [0, 0.1) is 5.92 Å². The summed E-state index contributed by atoms with van der Waals surface area (Å²) in [5.74, 6) is 0.595. The first kappa shape index (κ1) is 15.9. The van der Waals surface area contributed by atoms with Crippen LogP contribution in [0.3, 0.4) is 0 Å². The van der Waals surface area contributed by atoms with Gasteiger partial charge >= 0.3 is 6.09 Å². The largest absolute Gasteiger partial charge is 0.465 e. The molecule has 130 valence electrons. The van der Waals surface area contributed by atoms with Crippen LogP contribution in [0.5, 0.6) is 0 Å². The molecular weight excluding hydrogens is 300 g/mol. The minimum Gasteiger partial charge on any atom is -0.465 e. The average molecular weight is 328 g/mol. The van der Waals surface area contributed by atoms with Crippen molar-refractivity contribution in [1.29, 1.82) is 0 Å². The van der Waals surface area contributed by atoms with Crippen molar-refractivity contribution in [2.24, 2.45) is 5.92 Å². The van der Waals surface area contributed by atoms with Gasteiger partial charge in [-0.1, -0.05) is 24.3 Å². The summed E-state index contributed by atoms with van der Waals surface area (Å²) in [5.41, 5.74) is 3.52. The average Bonchev–Trinajstić information content (AvgIpc) is 3.28. The van der Waals surface area contributed by atoms with Crippen LogP contribution >= 0.6 is 0 Å². The van der Waals surface area contributed by atoms with Gasteiger partial charge in [0, 0.05) is 30.6 Å². The van der Waals surface area contributed by atoms with Crippen molar-refractivity contribution in [2.45, 2.75) is 62.9 Å². The van der Waals surface area contributed by atoms with E-state index in [2.05, 4.69) is 36.5 Å². The summed E-state index contributed by atoms with van der Waals surface area (Å²) in [6, 6.07) is 10.1. The van der Waals surface area contributed by atoms with Crippen molar-refractivity contribution >= 4 is 6.09 Å². The molecule has 3 unspecified atom stereocenters. The van der Waals surface area contributed by atoms with E-state index in [0.29, 0.717) is 36.5 Å². The van der Waals surface area contributed by atoms with Crippen LogP contribution in [0.2, 0.25) is 0 Å². The van der Waals surface area contributed by atoms with Crippen molar-refractivity contribution in [1.82, 2.24) is 10.2 Å². The number of nitrogens with zero attached hydrogens (tertiary/aromatic N) is 1. The number of hydrogen-bond donors (Lipinski definition) is 2. The van der Waals surface area contributed by atoms with Crippen molar-refractivity contribution < 1.29 is 9.90 Å². The van der Waals surface area contributed by atoms with Gasteiger partial charge < -0.3 is 15.3 Å². The van der Waals surface area contributed by atoms with Crippen LogP contribution < -0.4 is 5.32 Å². The maximum Gasteiger partial charge on any atom is 0.407 e. The summed E-state index contributed by atoms with van der Waals surface area (Å²) >= 11 is 0. The Morgan fingerprint density at radius 2 is 2.08 bits per heavy atom. The quantitative estimate of drug-likeness (QED) is 0.894. The van der Waals surface area contributed by atoms with Crippen molar-refractivity contribution in [2.75, 3.05) is 13.1 Å². The zero-order valence-corrected chi connectivity index (χ0v) is 14.5. The normalized spacial score (nSPS) is 30.9. The minimum atomic E-state index is -0.769. The fraction of sp³-hybridized carbons (Fsp3) is 0.650. The van der Waals surface area contributed by atoms with Gasteiger partial charge in [0.2, 0.25) is 0 Å². The molecule has 0 aromatic heterocycles. The van der Waals surface area contributed by atoms with Gasteiger partial charge in [0.15, 0.2) is 0 Å². The third kappa shape index (κ3) is 2.71. The minimum absolute atomic E-state index is 0.380. The molecule has 1 saturated heterocycles. The van der Waals surface area contributed by atoms with E-state index in [0.717, 1.165) is 12.8 Å². The van der Waals surface area contributed by atoms with E-state index in [4.69, 9.17) is 5.11 Å². The van der Waals surface area contributed by atoms with Crippen LogP contribution in [-0.2, 0) is 11.8 Å². The summed E-state index contributed by atoms with van der Waals surface area (Å²) in [6.45, 7) is 3.66. The summed E-state index contributed by atoms with van der Waals surface area (Å²) in [4.78, 5) is 12.6. The lowest BCUT2D eigenvalue weighted by molar-refractivity contribution is 0.118. The third-order valence-corrected chi connectivity index (χ3v) is 6.68. The maximum atomic E-state index is 11.0. The number of nitrogens with one attached hydrogen (secondary N) is 1. The van der Waals surface area contributed by atoms with E-state index < -0.39 is 6.09 Å². The molecule has 4 rings (SSSR count). The Kier molecular flexibility index (Phi) is 4.03. The number of carboxylic acid groups (broad SMARTS) is 1. The summed E-state index contributed by atoms with van der Waals surface area (Å²) in [6.07, 6.45) is 6.31. The van der Waals surface area contributed by atoms with Gasteiger partial charge in [-0.15, -0.1) is 0 Å². The Bertz CT molecular complexity index is 624. The SMILES string of the molecule is CC(NC1CC12CCCc1ccccc12)C1CCN(C(=O)O)CC1. The zero-order chi connectivity index (χ0) is 16.7. The predicted octanol–water partition coefficient (Wildman–Crippen LogP) is 3.40. The molecule has 1 saturated carbocycles. The van der Waals surface area contributed by atoms with E-state index >= 15 is 0 Å². The van der Waals surface area contributed by atoms with Gasteiger partial charge in [0.1, 0.15) is 0 Å². The highest BCUT2D eigenvalue weighted by Gasteiger charge is 2.56. The molecule has 2 fully saturated rings. The number of rotatable bonds is 3. The van der Waals surface area contributed by atoms with Crippen LogP contribution in [-0.4, -0.2) is 41.3 Å². The summed E-state index contributed by atoms with van der Waals surface area (Å²) in [7, 11) is 0. The smallest absolute Gasteiger partial charge is 0.407 e. The number of aryl methyl sites for hydroxylation is 1. The topological polar surface area (TPSA) is 52.6 Å². The Labute approximate surface area is 144 Å². The molecule has 1 aliphatic heterocycles. The molecule has 1 heterocycles. The predicted molar refractivity (Wildman–Crippen MR) is 94.4 cm³/mol. The first-order valence-corrected chi connectivity index (χ1v) is 9.42. The summed E-state index contributed by atoms with van der Waals surface area (Å²) < 4.78 is 0. The van der Waals surface area contributed by atoms with E-state index in [1.807, 2.05) is 0 Å². The van der Waals surface area contributed by atoms with Gasteiger partial charge in [0.25, 0.3) is 0 Å². The molecule has 24 heavy (non-hydrogen) atoms. The molecule has 1 amide bonds. The Hall–Kier alpha value is -1.55. The molecule has 4 heteroatoms. The fourth-order valence-electron chi connectivity index (χ4n) is 5.09. The van der Waals surface area contributed by atoms with Gasteiger partial charge in [-0.05, 0) is 62.5 Å². The zero-order valence-electron chi connectivity index (χ0n) is 14.5. The van der Waals surface area contributed by atoms with Crippen LogP contribution in [0.4, 0.5) is 4.79 Å². The van der Waals surface area contributed by atoms with E-state index in [-0.39, 0.29) is 0 Å². The summed E-state index contributed by atoms with van der Waals surface area (Å²) in [5, 5.41) is 13.0.